The van der Waals surface area contributed by atoms with Crippen molar-refractivity contribution in [2.75, 3.05) is 60.3 Å². The van der Waals surface area contributed by atoms with Gasteiger partial charge in [0.2, 0.25) is 0 Å². The maximum Gasteiger partial charge on any atom is 0.0718 e. The maximum atomic E-state index is 10.2. The van der Waals surface area contributed by atoms with Crippen LogP contribution in [0.25, 0.3) is 0 Å². The number of methoxy groups -OCH3 is 2. The molecule has 0 aliphatic carbocycles. The van der Waals surface area contributed by atoms with Crippen molar-refractivity contribution in [1.82, 2.24) is 4.90 Å². The normalized spacial score (nSPS) is 21.7. The molecule has 0 radical (unpaired) electrons. The van der Waals surface area contributed by atoms with Gasteiger partial charge in [-0.1, -0.05) is 0 Å². The zero-order chi connectivity index (χ0) is 13.2. The Balaban J connectivity index is 2.28. The highest BCUT2D eigenvalue weighted by molar-refractivity contribution is 4.76. The van der Waals surface area contributed by atoms with Crippen LogP contribution in [0.3, 0.4) is 0 Å². The molecule has 0 aromatic heterocycles. The van der Waals surface area contributed by atoms with Gasteiger partial charge in [-0.05, 0) is 12.8 Å². The summed E-state index contributed by atoms with van der Waals surface area (Å²) in [6, 6.07) is 0. The Bertz CT molecular complexity index is 197. The summed E-state index contributed by atoms with van der Waals surface area (Å²) in [6.45, 7) is 5.40. The molecule has 108 valence electrons. The molecule has 5 nitrogen and oxygen atoms in total. The first kappa shape index (κ1) is 15.9. The minimum absolute atomic E-state index is 0.289. The molecular formula is C13H27NO4. The van der Waals surface area contributed by atoms with Crippen LogP contribution in [0.4, 0.5) is 0 Å². The Morgan fingerprint density at radius 2 is 2.06 bits per heavy atom. The van der Waals surface area contributed by atoms with Crippen LogP contribution in [0.5, 0.6) is 0 Å². The Kier molecular flexibility index (Phi) is 8.54. The fraction of sp³-hybridized carbons (Fsp3) is 1.00. The first-order valence-electron chi connectivity index (χ1n) is 6.74. The second-order valence-electron chi connectivity index (χ2n) is 4.83. The van der Waals surface area contributed by atoms with Crippen molar-refractivity contribution in [3.05, 3.63) is 0 Å². The Morgan fingerprint density at radius 1 is 1.28 bits per heavy atom. The molecule has 5 heteroatoms. The molecule has 1 fully saturated rings. The quantitative estimate of drug-likeness (QED) is 0.576. The number of nitrogens with zero attached hydrogens (tertiary/aromatic N) is 1. The van der Waals surface area contributed by atoms with Gasteiger partial charge < -0.3 is 19.3 Å². The summed E-state index contributed by atoms with van der Waals surface area (Å²) in [4.78, 5) is 2.24. The molecule has 18 heavy (non-hydrogen) atoms. The van der Waals surface area contributed by atoms with E-state index in [-0.39, 0.29) is 12.0 Å². The molecule has 0 spiro atoms. The van der Waals surface area contributed by atoms with Crippen LogP contribution in [-0.4, -0.2) is 76.4 Å². The van der Waals surface area contributed by atoms with Crippen molar-refractivity contribution >= 4 is 0 Å². The standard InChI is InChI=1S/C13H27NO4/c1-16-7-3-5-14(6-9-17-2)10-13(15)12-4-8-18-11-12/h12-13,15H,3-11H2,1-2H3. The lowest BCUT2D eigenvalue weighted by molar-refractivity contribution is 0.0433. The van der Waals surface area contributed by atoms with Gasteiger partial charge in [-0.25, -0.2) is 0 Å². The SMILES string of the molecule is COCCCN(CCOC)CC(O)C1CCOC1. The second kappa shape index (κ2) is 9.69. The molecule has 1 aliphatic rings. The Morgan fingerprint density at radius 3 is 2.67 bits per heavy atom. The summed E-state index contributed by atoms with van der Waals surface area (Å²) >= 11 is 0. The molecule has 0 aromatic carbocycles. The van der Waals surface area contributed by atoms with E-state index in [1.54, 1.807) is 14.2 Å². The topological polar surface area (TPSA) is 51.2 Å². The van der Waals surface area contributed by atoms with Crippen LogP contribution in [-0.2, 0) is 14.2 Å². The average molecular weight is 261 g/mol. The van der Waals surface area contributed by atoms with Crippen LogP contribution in [0.15, 0.2) is 0 Å². The zero-order valence-electron chi connectivity index (χ0n) is 11.6. The van der Waals surface area contributed by atoms with Crippen LogP contribution in [0.2, 0.25) is 0 Å². The minimum atomic E-state index is -0.299. The van der Waals surface area contributed by atoms with Gasteiger partial charge in [0.05, 0.1) is 19.3 Å². The smallest absolute Gasteiger partial charge is 0.0718 e. The van der Waals surface area contributed by atoms with Crippen LogP contribution >= 0.6 is 0 Å². The highest BCUT2D eigenvalue weighted by Crippen LogP contribution is 2.17. The fourth-order valence-electron chi connectivity index (χ4n) is 2.22. The summed E-state index contributed by atoms with van der Waals surface area (Å²) in [5.74, 6) is 0.289. The van der Waals surface area contributed by atoms with Crippen LogP contribution in [0, 0.1) is 5.92 Å². The van der Waals surface area contributed by atoms with Gasteiger partial charge in [-0.15, -0.1) is 0 Å². The second-order valence-corrected chi connectivity index (χ2v) is 4.83. The number of hydrogen-bond donors (Lipinski definition) is 1. The summed E-state index contributed by atoms with van der Waals surface area (Å²) in [5, 5.41) is 10.2. The number of hydrogen-bond acceptors (Lipinski definition) is 5. The van der Waals surface area contributed by atoms with Crippen LogP contribution < -0.4 is 0 Å². The molecule has 1 N–H and O–H groups in total. The third kappa shape index (κ3) is 6.11. The minimum Gasteiger partial charge on any atom is -0.391 e. The lowest BCUT2D eigenvalue weighted by atomic mass is 10.0. The van der Waals surface area contributed by atoms with Gasteiger partial charge >= 0.3 is 0 Å². The molecule has 0 saturated carbocycles. The summed E-state index contributed by atoms with van der Waals surface area (Å²) < 4.78 is 15.5. The maximum absolute atomic E-state index is 10.2. The molecule has 1 heterocycles. The first-order valence-corrected chi connectivity index (χ1v) is 6.74. The highest BCUT2D eigenvalue weighted by Gasteiger charge is 2.25. The molecule has 1 rings (SSSR count). The van der Waals surface area contributed by atoms with E-state index >= 15 is 0 Å². The van der Waals surface area contributed by atoms with Crippen LogP contribution in [0.1, 0.15) is 12.8 Å². The molecular weight excluding hydrogens is 234 g/mol. The largest absolute Gasteiger partial charge is 0.391 e. The van der Waals surface area contributed by atoms with Gasteiger partial charge in [0.15, 0.2) is 0 Å². The fourth-order valence-corrected chi connectivity index (χ4v) is 2.22. The van der Waals surface area contributed by atoms with Gasteiger partial charge in [0, 0.05) is 53.0 Å². The lowest BCUT2D eigenvalue weighted by Gasteiger charge is -2.27. The average Bonchev–Trinajstić information content (AvgIpc) is 2.89. The van der Waals surface area contributed by atoms with Crippen molar-refractivity contribution in [2.45, 2.75) is 18.9 Å². The van der Waals surface area contributed by atoms with Gasteiger partial charge in [0.1, 0.15) is 0 Å². The predicted octanol–water partition coefficient (Wildman–Crippen LogP) is 0.369. The molecule has 0 amide bonds. The molecule has 1 aliphatic heterocycles. The van der Waals surface area contributed by atoms with Crippen molar-refractivity contribution < 1.29 is 19.3 Å². The predicted molar refractivity (Wildman–Crippen MR) is 69.7 cm³/mol. The van der Waals surface area contributed by atoms with E-state index in [2.05, 4.69) is 4.90 Å². The Labute approximate surface area is 110 Å². The number of aliphatic hydroxyl groups is 1. The molecule has 0 bridgehead atoms. The zero-order valence-corrected chi connectivity index (χ0v) is 11.6. The van der Waals surface area contributed by atoms with E-state index in [4.69, 9.17) is 14.2 Å². The van der Waals surface area contributed by atoms with Gasteiger partial charge in [0.25, 0.3) is 0 Å². The van der Waals surface area contributed by atoms with Crippen molar-refractivity contribution in [3.8, 4) is 0 Å². The molecule has 2 atom stereocenters. The van der Waals surface area contributed by atoms with E-state index in [0.717, 1.165) is 39.1 Å². The van der Waals surface area contributed by atoms with Gasteiger partial charge in [-0.3, -0.25) is 4.90 Å². The van der Waals surface area contributed by atoms with Gasteiger partial charge in [-0.2, -0.15) is 0 Å². The van der Waals surface area contributed by atoms with Crippen molar-refractivity contribution in [2.24, 2.45) is 5.92 Å². The van der Waals surface area contributed by atoms with Crippen molar-refractivity contribution in [1.29, 1.82) is 0 Å². The third-order valence-corrected chi connectivity index (χ3v) is 3.39. The van der Waals surface area contributed by atoms with E-state index in [1.165, 1.54) is 0 Å². The highest BCUT2D eigenvalue weighted by atomic mass is 16.5. The van der Waals surface area contributed by atoms with E-state index in [1.807, 2.05) is 0 Å². The summed E-state index contributed by atoms with van der Waals surface area (Å²) in [5.41, 5.74) is 0. The third-order valence-electron chi connectivity index (χ3n) is 3.39. The summed E-state index contributed by atoms with van der Waals surface area (Å²) in [7, 11) is 3.42. The molecule has 1 saturated heterocycles. The molecule has 2 unspecified atom stereocenters. The number of ether oxygens (including phenoxy) is 3. The Hall–Kier alpha value is -0.200. The molecule has 0 aromatic rings. The first-order chi connectivity index (χ1) is 8.77. The van der Waals surface area contributed by atoms with E-state index in [9.17, 15) is 5.11 Å². The van der Waals surface area contributed by atoms with E-state index < -0.39 is 0 Å². The van der Waals surface area contributed by atoms with E-state index in [0.29, 0.717) is 19.8 Å². The summed E-state index contributed by atoms with van der Waals surface area (Å²) in [6.07, 6.45) is 1.65. The number of rotatable bonds is 10. The lowest BCUT2D eigenvalue weighted by Crippen LogP contribution is -2.39. The monoisotopic (exact) mass is 261 g/mol. The van der Waals surface area contributed by atoms with Crippen molar-refractivity contribution in [3.63, 3.8) is 0 Å². The number of aliphatic hydroxyl groups excluding tert-OH is 1.